The fourth-order valence-corrected chi connectivity index (χ4v) is 1.45. The van der Waals surface area contributed by atoms with Crippen molar-refractivity contribution in [2.75, 3.05) is 6.54 Å². The van der Waals surface area contributed by atoms with Gasteiger partial charge >= 0.3 is 0 Å². The Morgan fingerprint density at radius 2 is 2.06 bits per heavy atom. The lowest BCUT2D eigenvalue weighted by molar-refractivity contribution is -0.116. The Morgan fingerprint density at radius 3 is 2.69 bits per heavy atom. The first-order chi connectivity index (χ1) is 7.63. The van der Waals surface area contributed by atoms with Crippen LogP contribution < -0.4 is 5.32 Å². The van der Waals surface area contributed by atoms with E-state index in [0.717, 1.165) is 5.56 Å². The Hall–Kier alpha value is -1.64. The molecule has 0 bridgehead atoms. The van der Waals surface area contributed by atoms with E-state index in [1.54, 1.807) is 13.0 Å². The Bertz CT molecular complexity index is 385. The van der Waals surface area contributed by atoms with Crippen molar-refractivity contribution in [2.24, 2.45) is 0 Å². The molecule has 1 rings (SSSR count). The number of carbonyl (C=O) groups is 2. The molecule has 1 N–H and O–H groups in total. The molecule has 1 amide bonds. The lowest BCUT2D eigenvalue weighted by Crippen LogP contribution is -2.22. The summed E-state index contributed by atoms with van der Waals surface area (Å²) in [6, 6.07) is 7.40. The maximum atomic E-state index is 11.6. The molecule has 0 saturated heterocycles. The van der Waals surface area contributed by atoms with Gasteiger partial charge in [-0.05, 0) is 38.0 Å². The minimum Gasteiger partial charge on any atom is -0.352 e. The van der Waals surface area contributed by atoms with Gasteiger partial charge in [0.1, 0.15) is 5.78 Å². The summed E-state index contributed by atoms with van der Waals surface area (Å²) in [5.74, 6) is 0.107. The van der Waals surface area contributed by atoms with Gasteiger partial charge in [0.25, 0.3) is 5.91 Å². The van der Waals surface area contributed by atoms with Gasteiger partial charge in [0.05, 0.1) is 0 Å². The standard InChI is InChI=1S/C13H17NO2/c1-3-14-13(16)12-6-4-5-11(9-12)8-7-10(2)15/h4-6,9H,3,7-8H2,1-2H3,(H,14,16). The monoisotopic (exact) mass is 219 g/mol. The molecule has 1 aromatic rings. The van der Waals surface area contributed by atoms with Crippen LogP contribution in [-0.2, 0) is 11.2 Å². The van der Waals surface area contributed by atoms with Crippen LogP contribution in [0.1, 0.15) is 36.2 Å². The van der Waals surface area contributed by atoms with Crippen molar-refractivity contribution in [3.63, 3.8) is 0 Å². The average Bonchev–Trinajstić information content (AvgIpc) is 2.27. The Labute approximate surface area is 95.9 Å². The molecule has 0 aromatic heterocycles. The zero-order chi connectivity index (χ0) is 12.0. The van der Waals surface area contributed by atoms with Crippen LogP contribution >= 0.6 is 0 Å². The first-order valence-electron chi connectivity index (χ1n) is 5.50. The third-order valence-electron chi connectivity index (χ3n) is 2.29. The van der Waals surface area contributed by atoms with Gasteiger partial charge in [0.2, 0.25) is 0 Å². The van der Waals surface area contributed by atoms with Crippen molar-refractivity contribution in [3.05, 3.63) is 35.4 Å². The van der Waals surface area contributed by atoms with Gasteiger partial charge in [-0.15, -0.1) is 0 Å². The molecule has 0 radical (unpaired) electrons. The van der Waals surface area contributed by atoms with E-state index in [1.807, 2.05) is 25.1 Å². The predicted octanol–water partition coefficient (Wildman–Crippen LogP) is 1.96. The SMILES string of the molecule is CCNC(=O)c1cccc(CCC(C)=O)c1. The maximum Gasteiger partial charge on any atom is 0.251 e. The van der Waals surface area contributed by atoms with E-state index in [2.05, 4.69) is 5.32 Å². The molecule has 3 nitrogen and oxygen atoms in total. The fraction of sp³-hybridized carbons (Fsp3) is 0.385. The normalized spacial score (nSPS) is 9.88. The minimum absolute atomic E-state index is 0.0628. The summed E-state index contributed by atoms with van der Waals surface area (Å²) in [7, 11) is 0. The molecule has 0 aliphatic rings. The van der Waals surface area contributed by atoms with Gasteiger partial charge < -0.3 is 10.1 Å². The summed E-state index contributed by atoms with van der Waals surface area (Å²) in [5.41, 5.74) is 1.68. The van der Waals surface area contributed by atoms with Crippen LogP contribution in [0.25, 0.3) is 0 Å². The van der Waals surface area contributed by atoms with Gasteiger partial charge in [-0.25, -0.2) is 0 Å². The van der Waals surface area contributed by atoms with Crippen molar-refractivity contribution < 1.29 is 9.59 Å². The number of benzene rings is 1. The zero-order valence-electron chi connectivity index (χ0n) is 9.75. The molecule has 0 aliphatic heterocycles. The van der Waals surface area contributed by atoms with Gasteiger partial charge in [-0.1, -0.05) is 12.1 Å². The van der Waals surface area contributed by atoms with Crippen LogP contribution in [0.15, 0.2) is 24.3 Å². The van der Waals surface area contributed by atoms with E-state index in [1.165, 1.54) is 0 Å². The van der Waals surface area contributed by atoms with Crippen LogP contribution in [0.2, 0.25) is 0 Å². The summed E-state index contributed by atoms with van der Waals surface area (Å²) in [4.78, 5) is 22.4. The molecule has 1 aromatic carbocycles. The van der Waals surface area contributed by atoms with E-state index in [-0.39, 0.29) is 11.7 Å². The molecule has 0 spiro atoms. The smallest absolute Gasteiger partial charge is 0.251 e. The van der Waals surface area contributed by atoms with Crippen LogP contribution in [0.4, 0.5) is 0 Å². The number of ketones is 1. The largest absolute Gasteiger partial charge is 0.352 e. The summed E-state index contributed by atoms with van der Waals surface area (Å²) >= 11 is 0. The summed E-state index contributed by atoms with van der Waals surface area (Å²) in [6.07, 6.45) is 1.22. The zero-order valence-corrected chi connectivity index (χ0v) is 9.75. The number of carbonyl (C=O) groups excluding carboxylic acids is 2. The lowest BCUT2D eigenvalue weighted by Gasteiger charge is -2.04. The lowest BCUT2D eigenvalue weighted by atomic mass is 10.0. The second kappa shape index (κ2) is 6.05. The summed E-state index contributed by atoms with van der Waals surface area (Å²) < 4.78 is 0. The maximum absolute atomic E-state index is 11.6. The second-order valence-corrected chi connectivity index (χ2v) is 3.76. The van der Waals surface area contributed by atoms with Crippen molar-refractivity contribution in [1.29, 1.82) is 0 Å². The van der Waals surface area contributed by atoms with Crippen molar-refractivity contribution in [1.82, 2.24) is 5.32 Å². The molecule has 0 atom stereocenters. The average molecular weight is 219 g/mol. The van der Waals surface area contributed by atoms with E-state index >= 15 is 0 Å². The van der Waals surface area contributed by atoms with E-state index in [0.29, 0.717) is 24.9 Å². The fourth-order valence-electron chi connectivity index (χ4n) is 1.45. The molecular weight excluding hydrogens is 202 g/mol. The molecule has 86 valence electrons. The summed E-state index contributed by atoms with van der Waals surface area (Å²) in [6.45, 7) is 4.08. The quantitative estimate of drug-likeness (QED) is 0.822. The molecule has 0 saturated carbocycles. The molecule has 0 fully saturated rings. The highest BCUT2D eigenvalue weighted by Crippen LogP contribution is 2.08. The Morgan fingerprint density at radius 1 is 1.31 bits per heavy atom. The van der Waals surface area contributed by atoms with Crippen LogP contribution in [0.5, 0.6) is 0 Å². The van der Waals surface area contributed by atoms with Gasteiger partial charge in [0, 0.05) is 18.5 Å². The third kappa shape index (κ3) is 3.85. The number of aryl methyl sites for hydroxylation is 1. The molecule has 0 aliphatic carbocycles. The van der Waals surface area contributed by atoms with Gasteiger partial charge in [0.15, 0.2) is 0 Å². The number of nitrogens with one attached hydrogen (secondary N) is 1. The van der Waals surface area contributed by atoms with Crippen molar-refractivity contribution in [2.45, 2.75) is 26.7 Å². The highest BCUT2D eigenvalue weighted by Gasteiger charge is 2.04. The number of hydrogen-bond donors (Lipinski definition) is 1. The number of hydrogen-bond acceptors (Lipinski definition) is 2. The van der Waals surface area contributed by atoms with Crippen LogP contribution in [-0.4, -0.2) is 18.2 Å². The van der Waals surface area contributed by atoms with E-state index in [9.17, 15) is 9.59 Å². The first kappa shape index (κ1) is 12.4. The van der Waals surface area contributed by atoms with Crippen LogP contribution in [0, 0.1) is 0 Å². The Balaban J connectivity index is 2.70. The highest BCUT2D eigenvalue weighted by atomic mass is 16.1. The summed E-state index contributed by atoms with van der Waals surface area (Å²) in [5, 5.41) is 2.75. The number of amides is 1. The predicted molar refractivity (Wildman–Crippen MR) is 63.5 cm³/mol. The molecule has 0 heterocycles. The molecule has 0 unspecified atom stereocenters. The third-order valence-corrected chi connectivity index (χ3v) is 2.29. The molecular formula is C13H17NO2. The molecule has 16 heavy (non-hydrogen) atoms. The van der Waals surface area contributed by atoms with E-state index < -0.39 is 0 Å². The van der Waals surface area contributed by atoms with Crippen molar-refractivity contribution in [3.8, 4) is 0 Å². The van der Waals surface area contributed by atoms with Crippen LogP contribution in [0.3, 0.4) is 0 Å². The molecule has 3 heteroatoms. The topological polar surface area (TPSA) is 46.2 Å². The van der Waals surface area contributed by atoms with Crippen molar-refractivity contribution >= 4 is 11.7 Å². The highest BCUT2D eigenvalue weighted by molar-refractivity contribution is 5.94. The van der Waals surface area contributed by atoms with Gasteiger partial charge in [-0.2, -0.15) is 0 Å². The second-order valence-electron chi connectivity index (χ2n) is 3.76. The first-order valence-corrected chi connectivity index (χ1v) is 5.50. The minimum atomic E-state index is -0.0628. The van der Waals surface area contributed by atoms with E-state index in [4.69, 9.17) is 0 Å². The van der Waals surface area contributed by atoms with Gasteiger partial charge in [-0.3, -0.25) is 4.79 Å². The number of Topliss-reactive ketones (excluding diaryl/α,β-unsaturated/α-hetero) is 1. The Kier molecular flexibility index (Phi) is 4.70. The number of rotatable bonds is 5.